The molecule has 1 heterocycles. The fourth-order valence-electron chi connectivity index (χ4n) is 2.28. The van der Waals surface area contributed by atoms with Crippen LogP contribution in [0.3, 0.4) is 0 Å². The van der Waals surface area contributed by atoms with E-state index in [1.54, 1.807) is 4.90 Å². The number of hydrogen-bond donors (Lipinski definition) is 2. The Hall–Kier alpha value is -1.44. The van der Waals surface area contributed by atoms with Gasteiger partial charge in [-0.1, -0.05) is 12.1 Å². The minimum absolute atomic E-state index is 0.0643. The molecule has 2 amide bonds. The number of para-hydroxylation sites is 1. The van der Waals surface area contributed by atoms with E-state index in [0.29, 0.717) is 32.8 Å². The van der Waals surface area contributed by atoms with E-state index in [1.165, 1.54) is 0 Å². The van der Waals surface area contributed by atoms with Gasteiger partial charge in [-0.3, -0.25) is 9.59 Å². The van der Waals surface area contributed by atoms with Crippen molar-refractivity contribution in [3.63, 3.8) is 0 Å². The number of carbonyl (C=O) groups is 2. The quantitative estimate of drug-likeness (QED) is 0.751. The number of benzene rings is 1. The van der Waals surface area contributed by atoms with Crippen LogP contribution in [-0.2, 0) is 14.3 Å². The van der Waals surface area contributed by atoms with E-state index >= 15 is 0 Å². The van der Waals surface area contributed by atoms with Crippen LogP contribution in [0.2, 0.25) is 0 Å². The molecule has 1 saturated heterocycles. The van der Waals surface area contributed by atoms with Crippen LogP contribution in [0.4, 0.5) is 5.69 Å². The van der Waals surface area contributed by atoms with Crippen molar-refractivity contribution in [2.24, 2.45) is 0 Å². The highest BCUT2D eigenvalue weighted by atomic mass is 79.9. The van der Waals surface area contributed by atoms with E-state index < -0.39 is 0 Å². The zero-order valence-corrected chi connectivity index (χ0v) is 14.2. The largest absolute Gasteiger partial charge is 0.378 e. The minimum Gasteiger partial charge on any atom is -0.378 e. The molecule has 1 aliphatic heterocycles. The van der Waals surface area contributed by atoms with Gasteiger partial charge in [-0.15, -0.1) is 0 Å². The Labute approximate surface area is 138 Å². The maximum atomic E-state index is 12.1. The van der Waals surface area contributed by atoms with E-state index in [1.807, 2.05) is 31.3 Å². The van der Waals surface area contributed by atoms with E-state index in [9.17, 15) is 9.59 Å². The number of hydrogen-bond acceptors (Lipinski definition) is 3. The van der Waals surface area contributed by atoms with Gasteiger partial charge in [0.1, 0.15) is 0 Å². The van der Waals surface area contributed by atoms with Crippen LogP contribution in [-0.4, -0.2) is 63.2 Å². The molecule has 22 heavy (non-hydrogen) atoms. The monoisotopic (exact) mass is 370 g/mol. The summed E-state index contributed by atoms with van der Waals surface area (Å²) in [6.07, 6.45) is 0. The maximum Gasteiger partial charge on any atom is 0.279 e. The maximum absolute atomic E-state index is 12.1. The van der Waals surface area contributed by atoms with Gasteiger partial charge in [0.25, 0.3) is 11.8 Å². The lowest BCUT2D eigenvalue weighted by Crippen LogP contribution is -3.11. The number of rotatable bonds is 5. The van der Waals surface area contributed by atoms with Gasteiger partial charge in [-0.05, 0) is 28.1 Å². The molecular formula is C15H21BrN3O3+. The van der Waals surface area contributed by atoms with Gasteiger partial charge in [0.2, 0.25) is 0 Å². The van der Waals surface area contributed by atoms with Crippen molar-refractivity contribution in [1.82, 2.24) is 4.90 Å². The number of nitrogens with zero attached hydrogens (tertiary/aromatic N) is 1. The number of carbonyl (C=O) groups excluding carboxylic acids is 2. The molecule has 1 unspecified atom stereocenters. The Kier molecular flexibility index (Phi) is 6.35. The number of nitrogens with one attached hydrogen (secondary N) is 2. The first kappa shape index (κ1) is 16.9. The fourth-order valence-corrected chi connectivity index (χ4v) is 2.66. The molecule has 0 bridgehead atoms. The van der Waals surface area contributed by atoms with Gasteiger partial charge in [0.05, 0.1) is 25.9 Å². The van der Waals surface area contributed by atoms with Gasteiger partial charge < -0.3 is 19.9 Å². The Morgan fingerprint density at radius 2 is 1.95 bits per heavy atom. The minimum atomic E-state index is -0.112. The molecule has 7 heteroatoms. The third-order valence-electron chi connectivity index (χ3n) is 3.43. The Morgan fingerprint density at radius 3 is 2.64 bits per heavy atom. The van der Waals surface area contributed by atoms with Gasteiger partial charge >= 0.3 is 0 Å². The summed E-state index contributed by atoms with van der Waals surface area (Å²) in [5.74, 6) is -0.0475. The van der Waals surface area contributed by atoms with Gasteiger partial charge in [-0.2, -0.15) is 0 Å². The zero-order chi connectivity index (χ0) is 15.9. The second kappa shape index (κ2) is 8.26. The molecule has 6 nitrogen and oxygen atoms in total. The topological polar surface area (TPSA) is 63.1 Å². The molecule has 1 aromatic rings. The highest BCUT2D eigenvalue weighted by Gasteiger charge is 2.21. The summed E-state index contributed by atoms with van der Waals surface area (Å²) >= 11 is 3.39. The third kappa shape index (κ3) is 5.08. The van der Waals surface area contributed by atoms with Crippen LogP contribution in [0.1, 0.15) is 0 Å². The van der Waals surface area contributed by atoms with Crippen molar-refractivity contribution < 1.29 is 19.2 Å². The summed E-state index contributed by atoms with van der Waals surface area (Å²) in [5.41, 5.74) is 0.736. The average Bonchev–Trinajstić information content (AvgIpc) is 2.50. The molecular weight excluding hydrogens is 350 g/mol. The molecule has 2 rings (SSSR count). The lowest BCUT2D eigenvalue weighted by atomic mass is 10.3. The van der Waals surface area contributed by atoms with E-state index in [2.05, 4.69) is 21.2 Å². The molecule has 0 spiro atoms. The molecule has 0 saturated carbocycles. The first-order chi connectivity index (χ1) is 10.6. The number of amides is 2. The normalized spacial score (nSPS) is 16.2. The number of likely N-dealkylation sites (N-methyl/N-ethyl adjacent to an activating group) is 1. The van der Waals surface area contributed by atoms with Crippen molar-refractivity contribution in [3.8, 4) is 0 Å². The summed E-state index contributed by atoms with van der Waals surface area (Å²) in [4.78, 5) is 26.8. The van der Waals surface area contributed by atoms with Crippen LogP contribution in [0.25, 0.3) is 0 Å². The van der Waals surface area contributed by atoms with Crippen LogP contribution >= 0.6 is 15.9 Å². The van der Waals surface area contributed by atoms with E-state index in [0.717, 1.165) is 15.1 Å². The molecule has 2 N–H and O–H groups in total. The zero-order valence-electron chi connectivity index (χ0n) is 12.6. The Balaban J connectivity index is 1.78. The van der Waals surface area contributed by atoms with E-state index in [-0.39, 0.29) is 18.4 Å². The first-order valence-electron chi connectivity index (χ1n) is 7.27. The summed E-state index contributed by atoms with van der Waals surface area (Å²) < 4.78 is 6.07. The van der Waals surface area contributed by atoms with Crippen LogP contribution in [0, 0.1) is 0 Å². The molecule has 120 valence electrons. The summed E-state index contributed by atoms with van der Waals surface area (Å²) in [6, 6.07) is 7.45. The van der Waals surface area contributed by atoms with Crippen molar-refractivity contribution in [3.05, 3.63) is 28.7 Å². The Morgan fingerprint density at radius 1 is 1.27 bits per heavy atom. The number of halogens is 1. The van der Waals surface area contributed by atoms with Crippen LogP contribution < -0.4 is 10.2 Å². The van der Waals surface area contributed by atoms with Crippen molar-refractivity contribution in [2.45, 2.75) is 0 Å². The highest BCUT2D eigenvalue weighted by Crippen LogP contribution is 2.20. The van der Waals surface area contributed by atoms with Gasteiger partial charge in [0.15, 0.2) is 13.1 Å². The van der Waals surface area contributed by atoms with Crippen molar-refractivity contribution >= 4 is 33.4 Å². The molecule has 1 aliphatic rings. The predicted molar refractivity (Wildman–Crippen MR) is 86.8 cm³/mol. The highest BCUT2D eigenvalue weighted by molar-refractivity contribution is 9.10. The number of morpholine rings is 1. The van der Waals surface area contributed by atoms with Crippen LogP contribution in [0.5, 0.6) is 0 Å². The molecule has 1 aromatic carbocycles. The number of quaternary nitrogens is 1. The fraction of sp³-hybridized carbons (Fsp3) is 0.467. The molecule has 0 radical (unpaired) electrons. The van der Waals surface area contributed by atoms with E-state index in [4.69, 9.17) is 4.74 Å². The molecule has 1 fully saturated rings. The van der Waals surface area contributed by atoms with Crippen LogP contribution in [0.15, 0.2) is 28.7 Å². The summed E-state index contributed by atoms with van der Waals surface area (Å²) in [6.45, 7) is 3.01. The second-order valence-electron chi connectivity index (χ2n) is 5.33. The number of ether oxygens (including phenoxy) is 1. The smallest absolute Gasteiger partial charge is 0.279 e. The predicted octanol–water partition coefficient (Wildman–Crippen LogP) is -0.239. The SMILES string of the molecule is C[NH+](CC(=O)Nc1ccccc1Br)CC(=O)N1CCOCC1. The summed E-state index contributed by atoms with van der Waals surface area (Å²) in [5, 5.41) is 2.84. The number of anilines is 1. The lowest BCUT2D eigenvalue weighted by molar-refractivity contribution is -0.862. The van der Waals surface area contributed by atoms with Crippen molar-refractivity contribution in [2.75, 3.05) is 51.8 Å². The first-order valence-corrected chi connectivity index (χ1v) is 8.07. The van der Waals surface area contributed by atoms with Gasteiger partial charge in [-0.25, -0.2) is 0 Å². The molecule has 0 aromatic heterocycles. The standard InChI is InChI=1S/C15H20BrN3O3/c1-18(11-15(21)19-6-8-22-9-7-19)10-14(20)17-13-5-3-2-4-12(13)16/h2-5H,6-11H2,1H3,(H,17,20)/p+1. The Bertz CT molecular complexity index is 533. The van der Waals surface area contributed by atoms with Gasteiger partial charge in [0, 0.05) is 17.6 Å². The van der Waals surface area contributed by atoms with Crippen molar-refractivity contribution in [1.29, 1.82) is 0 Å². The summed E-state index contributed by atoms with van der Waals surface area (Å²) in [7, 11) is 1.85. The second-order valence-corrected chi connectivity index (χ2v) is 6.19. The lowest BCUT2D eigenvalue weighted by Gasteiger charge is -2.27. The molecule has 1 atom stereocenters. The third-order valence-corrected chi connectivity index (χ3v) is 4.12. The molecule has 0 aliphatic carbocycles. The average molecular weight is 371 g/mol.